The third-order valence-corrected chi connectivity index (χ3v) is 5.70. The number of halogens is 5. The van der Waals surface area contributed by atoms with E-state index in [1.807, 2.05) is 30.3 Å². The molecule has 0 saturated heterocycles. The lowest BCUT2D eigenvalue weighted by atomic mass is 10.1. The van der Waals surface area contributed by atoms with E-state index in [0.29, 0.717) is 12.2 Å². The van der Waals surface area contributed by atoms with E-state index in [4.69, 9.17) is 0 Å². The molecule has 9 heteroatoms. The maximum atomic E-state index is 14.0. The molecule has 0 amide bonds. The molecule has 0 unspecified atom stereocenters. The van der Waals surface area contributed by atoms with Gasteiger partial charge in [0.1, 0.15) is 5.82 Å². The highest BCUT2D eigenvalue weighted by Gasteiger charge is 2.31. The summed E-state index contributed by atoms with van der Waals surface area (Å²) in [6, 6.07) is 18.0. The van der Waals surface area contributed by atoms with Crippen LogP contribution in [0.5, 0.6) is 0 Å². The van der Waals surface area contributed by atoms with Crippen LogP contribution in [-0.4, -0.2) is 14.8 Å². The maximum Gasteiger partial charge on any atom is 0.416 e. The van der Waals surface area contributed by atoms with Gasteiger partial charge in [0.2, 0.25) is 0 Å². The molecule has 1 heterocycles. The van der Waals surface area contributed by atoms with E-state index < -0.39 is 23.4 Å². The molecular weight excluding hydrogens is 445 g/mol. The molecule has 0 aliphatic heterocycles. The van der Waals surface area contributed by atoms with Crippen molar-refractivity contribution < 1.29 is 22.0 Å². The van der Waals surface area contributed by atoms with Crippen LogP contribution in [0.1, 0.15) is 22.5 Å². The number of benzene rings is 3. The quantitative estimate of drug-likeness (QED) is 0.244. The molecule has 3 nitrogen and oxygen atoms in total. The average molecular weight is 461 g/mol. The Balaban J connectivity index is 1.73. The molecule has 4 rings (SSSR count). The van der Waals surface area contributed by atoms with Crippen molar-refractivity contribution in [1.29, 1.82) is 0 Å². The molecule has 4 aromatic rings. The Labute approximate surface area is 184 Å². The van der Waals surface area contributed by atoms with Gasteiger partial charge in [0.05, 0.1) is 11.3 Å². The third-order valence-electron chi connectivity index (χ3n) is 4.73. The number of hydrogen-bond acceptors (Lipinski definition) is 3. The van der Waals surface area contributed by atoms with Gasteiger partial charge in [0.25, 0.3) is 0 Å². The predicted molar refractivity (Wildman–Crippen MR) is 112 cm³/mol. The zero-order valence-corrected chi connectivity index (χ0v) is 17.3. The summed E-state index contributed by atoms with van der Waals surface area (Å²) in [5.74, 6) is -1.47. The van der Waals surface area contributed by atoms with Gasteiger partial charge in [-0.1, -0.05) is 60.3 Å². The largest absolute Gasteiger partial charge is 0.416 e. The monoisotopic (exact) mass is 461 g/mol. The van der Waals surface area contributed by atoms with Crippen LogP contribution < -0.4 is 0 Å². The number of nitrogens with zero attached hydrogens (tertiary/aromatic N) is 3. The van der Waals surface area contributed by atoms with Gasteiger partial charge in [-0.3, -0.25) is 4.57 Å². The molecule has 32 heavy (non-hydrogen) atoms. The van der Waals surface area contributed by atoms with Crippen molar-refractivity contribution in [1.82, 2.24) is 14.8 Å². The molecule has 164 valence electrons. The molecule has 0 fully saturated rings. The Morgan fingerprint density at radius 2 is 1.59 bits per heavy atom. The van der Waals surface area contributed by atoms with Crippen molar-refractivity contribution in [2.75, 3.05) is 0 Å². The normalized spacial score (nSPS) is 11.7. The molecule has 0 radical (unpaired) electrons. The van der Waals surface area contributed by atoms with Crippen molar-refractivity contribution in [3.8, 4) is 5.69 Å². The summed E-state index contributed by atoms with van der Waals surface area (Å²) in [5, 5.41) is 8.58. The SMILES string of the molecule is Fc1cccc(CSc2nnc(Cc3ccccc3)n2-c2cccc(C(F)(F)F)c2)c1F. The first-order valence-corrected chi connectivity index (χ1v) is 10.5. The highest BCUT2D eigenvalue weighted by atomic mass is 32.2. The topological polar surface area (TPSA) is 30.7 Å². The minimum absolute atomic E-state index is 0.0338. The summed E-state index contributed by atoms with van der Waals surface area (Å²) in [4.78, 5) is 0. The Morgan fingerprint density at radius 1 is 0.844 bits per heavy atom. The van der Waals surface area contributed by atoms with Crippen molar-refractivity contribution in [2.24, 2.45) is 0 Å². The minimum atomic E-state index is -4.51. The molecule has 0 aliphatic carbocycles. The predicted octanol–water partition coefficient (Wildman–Crippen LogP) is 6.45. The molecule has 0 saturated carbocycles. The molecule has 0 spiro atoms. The number of alkyl halides is 3. The summed E-state index contributed by atoms with van der Waals surface area (Å²) in [6.07, 6.45) is -4.18. The van der Waals surface area contributed by atoms with E-state index >= 15 is 0 Å². The summed E-state index contributed by atoms with van der Waals surface area (Å²) in [5.41, 5.74) is 0.457. The number of rotatable bonds is 6. The van der Waals surface area contributed by atoms with Crippen molar-refractivity contribution in [3.63, 3.8) is 0 Å². The first-order valence-electron chi connectivity index (χ1n) is 9.54. The maximum absolute atomic E-state index is 14.0. The zero-order chi connectivity index (χ0) is 22.7. The van der Waals surface area contributed by atoms with E-state index in [1.54, 1.807) is 0 Å². The van der Waals surface area contributed by atoms with Crippen LogP contribution >= 0.6 is 11.8 Å². The Bertz CT molecular complexity index is 1220. The highest BCUT2D eigenvalue weighted by molar-refractivity contribution is 7.98. The van der Waals surface area contributed by atoms with Crippen LogP contribution in [0, 0.1) is 11.6 Å². The zero-order valence-electron chi connectivity index (χ0n) is 16.5. The summed E-state index contributed by atoms with van der Waals surface area (Å²) < 4.78 is 69.0. The van der Waals surface area contributed by atoms with Crippen molar-refractivity contribution in [3.05, 3.63) is 107 Å². The summed E-state index contributed by atoms with van der Waals surface area (Å²) in [7, 11) is 0. The van der Waals surface area contributed by atoms with Crippen LogP contribution in [0.25, 0.3) is 5.69 Å². The molecule has 0 bridgehead atoms. The van der Waals surface area contributed by atoms with Crippen LogP contribution in [0.15, 0.2) is 78.0 Å². The van der Waals surface area contributed by atoms with E-state index in [1.165, 1.54) is 28.8 Å². The third kappa shape index (κ3) is 4.83. The van der Waals surface area contributed by atoms with Crippen LogP contribution in [0.2, 0.25) is 0 Å². The number of hydrogen-bond donors (Lipinski definition) is 0. The Hall–Kier alpha value is -3.20. The first-order chi connectivity index (χ1) is 15.3. The van der Waals surface area contributed by atoms with Crippen molar-refractivity contribution >= 4 is 11.8 Å². The summed E-state index contributed by atoms with van der Waals surface area (Å²) in [6.45, 7) is 0. The lowest BCUT2D eigenvalue weighted by Crippen LogP contribution is -2.08. The average Bonchev–Trinajstić information content (AvgIpc) is 3.17. The Kier molecular flexibility index (Phi) is 6.27. The van der Waals surface area contributed by atoms with E-state index in [0.717, 1.165) is 35.5 Å². The standard InChI is InChI=1S/C23H16F5N3S/c24-19-11-4-8-16(21(19)25)14-32-22-30-29-20(12-15-6-2-1-3-7-15)31(22)18-10-5-9-17(13-18)23(26,27)28/h1-11,13H,12,14H2. The smallest absolute Gasteiger partial charge is 0.274 e. The highest BCUT2D eigenvalue weighted by Crippen LogP contribution is 2.33. The van der Waals surface area contributed by atoms with E-state index in [-0.39, 0.29) is 22.2 Å². The fourth-order valence-electron chi connectivity index (χ4n) is 3.17. The van der Waals surface area contributed by atoms with E-state index in [2.05, 4.69) is 10.2 Å². The Morgan fingerprint density at radius 3 is 2.34 bits per heavy atom. The molecule has 0 aliphatic rings. The molecule has 0 N–H and O–H groups in total. The number of thioether (sulfide) groups is 1. The lowest BCUT2D eigenvalue weighted by Gasteiger charge is -2.13. The van der Waals surface area contributed by atoms with Gasteiger partial charge < -0.3 is 0 Å². The van der Waals surface area contributed by atoms with Gasteiger partial charge in [-0.05, 0) is 29.8 Å². The molecular formula is C23H16F5N3S. The van der Waals surface area contributed by atoms with Crippen LogP contribution in [0.3, 0.4) is 0 Å². The summed E-state index contributed by atoms with van der Waals surface area (Å²) >= 11 is 1.06. The number of aromatic nitrogens is 3. The van der Waals surface area contributed by atoms with Gasteiger partial charge in [0, 0.05) is 17.7 Å². The fourth-order valence-corrected chi connectivity index (χ4v) is 4.12. The lowest BCUT2D eigenvalue weighted by molar-refractivity contribution is -0.137. The second-order valence-electron chi connectivity index (χ2n) is 6.95. The first kappa shape index (κ1) is 22.0. The van der Waals surface area contributed by atoms with Gasteiger partial charge in [0.15, 0.2) is 16.8 Å². The van der Waals surface area contributed by atoms with Crippen LogP contribution in [0.4, 0.5) is 22.0 Å². The van der Waals surface area contributed by atoms with E-state index in [9.17, 15) is 22.0 Å². The van der Waals surface area contributed by atoms with Crippen molar-refractivity contribution in [2.45, 2.75) is 23.5 Å². The van der Waals surface area contributed by atoms with Gasteiger partial charge in [-0.15, -0.1) is 10.2 Å². The van der Waals surface area contributed by atoms with Gasteiger partial charge >= 0.3 is 6.18 Å². The van der Waals surface area contributed by atoms with Gasteiger partial charge in [-0.2, -0.15) is 13.2 Å². The fraction of sp³-hybridized carbons (Fsp3) is 0.130. The second kappa shape index (κ2) is 9.12. The van der Waals surface area contributed by atoms with Gasteiger partial charge in [-0.25, -0.2) is 8.78 Å². The van der Waals surface area contributed by atoms with Crippen LogP contribution in [-0.2, 0) is 18.3 Å². The molecule has 1 aromatic heterocycles. The second-order valence-corrected chi connectivity index (χ2v) is 7.89. The molecule has 3 aromatic carbocycles. The minimum Gasteiger partial charge on any atom is -0.274 e. The molecule has 0 atom stereocenters.